The monoisotopic (exact) mass is 372 g/mol. The van der Waals surface area contributed by atoms with Crippen LogP contribution in [-0.2, 0) is 15.8 Å². The lowest BCUT2D eigenvalue weighted by molar-refractivity contribution is -0.137. The normalized spacial score (nSPS) is 18.7. The molecular weight excluding hydrogens is 349 g/mol. The van der Waals surface area contributed by atoms with Crippen molar-refractivity contribution in [2.75, 3.05) is 44.2 Å². The van der Waals surface area contributed by atoms with E-state index in [9.17, 15) is 22.8 Å². The Morgan fingerprint density at radius 3 is 2.38 bits per heavy atom. The second-order valence-electron chi connectivity index (χ2n) is 5.99. The predicted octanol–water partition coefficient (Wildman–Crippen LogP) is 1.13. The lowest BCUT2D eigenvalue weighted by Gasteiger charge is -2.22. The average molecular weight is 372 g/mol. The number of amides is 2. The van der Waals surface area contributed by atoms with Crippen molar-refractivity contribution in [2.24, 2.45) is 0 Å². The maximum absolute atomic E-state index is 12.6. The molecule has 2 aliphatic rings. The Kier molecular flexibility index (Phi) is 7.26. The van der Waals surface area contributed by atoms with Crippen LogP contribution >= 0.6 is 0 Å². The lowest BCUT2D eigenvalue weighted by atomic mass is 10.1. The standard InChI is InChI=1S/C12H13F3N2O.C5H10N2O/c13-12(14,15)9-2-1-3-10(8-9)17-6-4-11(18)16-5-7-17;8-5-1-2-6-3-4-7-5/h1-3,8H,4-7H2,(H,16,18);6H,1-4H2,(H,7,8). The molecular formula is C17H23F3N4O2. The number of benzene rings is 1. The third kappa shape index (κ3) is 6.55. The van der Waals surface area contributed by atoms with Crippen molar-refractivity contribution in [3.05, 3.63) is 29.8 Å². The van der Waals surface area contributed by atoms with E-state index in [1.165, 1.54) is 6.07 Å². The van der Waals surface area contributed by atoms with Gasteiger partial charge in [-0.3, -0.25) is 9.59 Å². The van der Waals surface area contributed by atoms with Crippen LogP contribution in [0.1, 0.15) is 18.4 Å². The highest BCUT2D eigenvalue weighted by molar-refractivity contribution is 5.77. The van der Waals surface area contributed by atoms with Gasteiger partial charge in [0.2, 0.25) is 11.8 Å². The van der Waals surface area contributed by atoms with Crippen molar-refractivity contribution in [1.29, 1.82) is 0 Å². The minimum absolute atomic E-state index is 0.0653. The van der Waals surface area contributed by atoms with E-state index >= 15 is 0 Å². The number of alkyl halides is 3. The lowest BCUT2D eigenvalue weighted by Crippen LogP contribution is -2.28. The van der Waals surface area contributed by atoms with Gasteiger partial charge in [-0.15, -0.1) is 0 Å². The molecule has 144 valence electrons. The third-order valence-electron chi connectivity index (χ3n) is 4.00. The number of carbonyl (C=O) groups excluding carboxylic acids is 2. The van der Waals surface area contributed by atoms with Gasteiger partial charge < -0.3 is 20.9 Å². The Balaban J connectivity index is 0.000000254. The van der Waals surface area contributed by atoms with Crippen LogP contribution in [0.4, 0.5) is 18.9 Å². The zero-order valence-electron chi connectivity index (χ0n) is 14.4. The first kappa shape index (κ1) is 20.0. The molecule has 2 heterocycles. The van der Waals surface area contributed by atoms with Crippen LogP contribution in [-0.4, -0.2) is 51.1 Å². The molecule has 1 aromatic carbocycles. The van der Waals surface area contributed by atoms with E-state index in [2.05, 4.69) is 16.0 Å². The number of hydrogen-bond acceptors (Lipinski definition) is 4. The molecule has 9 heteroatoms. The van der Waals surface area contributed by atoms with Crippen molar-refractivity contribution >= 4 is 17.5 Å². The van der Waals surface area contributed by atoms with Gasteiger partial charge in [0.1, 0.15) is 0 Å². The molecule has 3 rings (SSSR count). The predicted molar refractivity (Wildman–Crippen MR) is 91.8 cm³/mol. The molecule has 0 spiro atoms. The summed E-state index contributed by atoms with van der Waals surface area (Å²) < 4.78 is 37.8. The maximum Gasteiger partial charge on any atom is 0.416 e. The fourth-order valence-electron chi connectivity index (χ4n) is 2.61. The number of carbonyl (C=O) groups is 2. The van der Waals surface area contributed by atoms with E-state index in [4.69, 9.17) is 0 Å². The second-order valence-corrected chi connectivity index (χ2v) is 5.99. The molecule has 0 aromatic heterocycles. The number of anilines is 1. The van der Waals surface area contributed by atoms with Crippen LogP contribution in [0.5, 0.6) is 0 Å². The van der Waals surface area contributed by atoms with Crippen LogP contribution in [0.15, 0.2) is 24.3 Å². The van der Waals surface area contributed by atoms with Crippen LogP contribution < -0.4 is 20.9 Å². The van der Waals surface area contributed by atoms with E-state index < -0.39 is 11.7 Å². The number of nitrogens with zero attached hydrogens (tertiary/aromatic N) is 1. The molecule has 2 aliphatic heterocycles. The Labute approximate surface area is 150 Å². The first-order valence-electron chi connectivity index (χ1n) is 8.52. The molecule has 0 unspecified atom stereocenters. The molecule has 2 amide bonds. The van der Waals surface area contributed by atoms with E-state index in [1.807, 2.05) is 0 Å². The quantitative estimate of drug-likeness (QED) is 0.691. The van der Waals surface area contributed by atoms with Gasteiger partial charge in [0, 0.05) is 57.8 Å². The van der Waals surface area contributed by atoms with Crippen molar-refractivity contribution < 1.29 is 22.8 Å². The summed E-state index contributed by atoms with van der Waals surface area (Å²) in [7, 11) is 0. The van der Waals surface area contributed by atoms with Gasteiger partial charge in [-0.25, -0.2) is 0 Å². The van der Waals surface area contributed by atoms with Crippen LogP contribution in [0.2, 0.25) is 0 Å². The van der Waals surface area contributed by atoms with Crippen LogP contribution in [0, 0.1) is 0 Å². The molecule has 0 saturated carbocycles. The molecule has 0 radical (unpaired) electrons. The van der Waals surface area contributed by atoms with Gasteiger partial charge in [-0.2, -0.15) is 13.2 Å². The third-order valence-corrected chi connectivity index (χ3v) is 4.00. The molecule has 3 N–H and O–H groups in total. The highest BCUT2D eigenvalue weighted by Gasteiger charge is 2.30. The van der Waals surface area contributed by atoms with E-state index in [0.29, 0.717) is 38.2 Å². The molecule has 0 aliphatic carbocycles. The first-order valence-corrected chi connectivity index (χ1v) is 8.52. The summed E-state index contributed by atoms with van der Waals surface area (Å²) in [6.45, 7) is 3.92. The maximum atomic E-state index is 12.6. The Hall–Kier alpha value is -2.29. The average Bonchev–Trinajstić information content (AvgIpc) is 2.97. The summed E-state index contributed by atoms with van der Waals surface area (Å²) in [4.78, 5) is 23.5. The van der Waals surface area contributed by atoms with Gasteiger partial charge in [-0.05, 0) is 18.2 Å². The van der Waals surface area contributed by atoms with Gasteiger partial charge in [-0.1, -0.05) is 6.07 Å². The first-order chi connectivity index (χ1) is 12.4. The van der Waals surface area contributed by atoms with E-state index in [0.717, 1.165) is 31.8 Å². The highest BCUT2D eigenvalue weighted by Crippen LogP contribution is 2.31. The molecule has 0 bridgehead atoms. The summed E-state index contributed by atoms with van der Waals surface area (Å²) in [5, 5.41) is 8.52. The zero-order valence-corrected chi connectivity index (χ0v) is 14.4. The molecule has 1 aromatic rings. The van der Waals surface area contributed by atoms with Gasteiger partial charge in [0.15, 0.2) is 0 Å². The Morgan fingerprint density at radius 1 is 0.885 bits per heavy atom. The van der Waals surface area contributed by atoms with Crippen molar-refractivity contribution in [2.45, 2.75) is 19.0 Å². The van der Waals surface area contributed by atoms with Crippen molar-refractivity contribution in [3.8, 4) is 0 Å². The molecule has 2 fully saturated rings. The number of halogens is 3. The molecule has 0 atom stereocenters. The fourth-order valence-corrected chi connectivity index (χ4v) is 2.61. The van der Waals surface area contributed by atoms with E-state index in [1.54, 1.807) is 11.0 Å². The summed E-state index contributed by atoms with van der Waals surface area (Å²) in [6, 6.07) is 5.18. The molecule has 2 saturated heterocycles. The minimum atomic E-state index is -4.34. The molecule has 26 heavy (non-hydrogen) atoms. The topological polar surface area (TPSA) is 73.5 Å². The van der Waals surface area contributed by atoms with Crippen molar-refractivity contribution in [1.82, 2.24) is 16.0 Å². The number of hydrogen-bond donors (Lipinski definition) is 3. The summed E-state index contributed by atoms with van der Waals surface area (Å²) >= 11 is 0. The Morgan fingerprint density at radius 2 is 1.62 bits per heavy atom. The zero-order chi connectivity index (χ0) is 19.0. The molecule has 6 nitrogen and oxygen atoms in total. The van der Waals surface area contributed by atoms with E-state index in [-0.39, 0.29) is 11.8 Å². The minimum Gasteiger partial charge on any atom is -0.369 e. The van der Waals surface area contributed by atoms with Gasteiger partial charge in [0.05, 0.1) is 5.56 Å². The van der Waals surface area contributed by atoms with Gasteiger partial charge >= 0.3 is 6.18 Å². The van der Waals surface area contributed by atoms with Crippen LogP contribution in [0.25, 0.3) is 0 Å². The SMILES string of the molecule is O=C1CCN(c2cccc(C(F)(F)F)c2)CCN1.O=C1CCNCCN1. The van der Waals surface area contributed by atoms with Crippen molar-refractivity contribution in [3.63, 3.8) is 0 Å². The van der Waals surface area contributed by atoms with Gasteiger partial charge in [0.25, 0.3) is 0 Å². The number of rotatable bonds is 1. The summed E-state index contributed by atoms with van der Waals surface area (Å²) in [5.74, 6) is 0.0967. The largest absolute Gasteiger partial charge is 0.416 e. The smallest absolute Gasteiger partial charge is 0.369 e. The Bertz CT molecular complexity index is 612. The number of nitrogens with one attached hydrogen (secondary N) is 3. The fraction of sp³-hybridized carbons (Fsp3) is 0.529. The summed E-state index contributed by atoms with van der Waals surface area (Å²) in [6.07, 6.45) is -3.41. The second kappa shape index (κ2) is 9.42. The summed E-state index contributed by atoms with van der Waals surface area (Å²) in [5.41, 5.74) is -0.162. The highest BCUT2D eigenvalue weighted by atomic mass is 19.4. The van der Waals surface area contributed by atoms with Crippen LogP contribution in [0.3, 0.4) is 0 Å².